The number of unbranched alkanes of at least 4 members (excludes halogenated alkanes) is 22. The molecule has 0 aliphatic carbocycles. The zero-order valence-corrected chi connectivity index (χ0v) is 31.7. The number of carbonyl (C=O) groups excluding carboxylic acids is 2. The van der Waals surface area contributed by atoms with E-state index < -0.39 is 38.4 Å². The number of ketones is 1. The Labute approximate surface area is 294 Å². The molecule has 0 spiro atoms. The lowest BCUT2D eigenvalue weighted by Crippen LogP contribution is -2.40. The Hall–Kier alpha value is -1.31. The average Bonchev–Trinajstić information content (AvgIpc) is 3.05. The van der Waals surface area contributed by atoms with E-state index in [1.807, 2.05) is 0 Å². The molecule has 282 valence electrons. The number of aliphatic hydroxyl groups is 1. The van der Waals surface area contributed by atoms with Gasteiger partial charge in [0.25, 0.3) is 0 Å². The fourth-order valence-corrected chi connectivity index (χ4v) is 6.02. The summed E-state index contributed by atoms with van der Waals surface area (Å²) in [6.07, 6.45) is 35.8. The van der Waals surface area contributed by atoms with Gasteiger partial charge >= 0.3 is 13.8 Å². The largest absolute Gasteiger partial charge is 0.469 e. The van der Waals surface area contributed by atoms with E-state index in [0.29, 0.717) is 12.8 Å². The van der Waals surface area contributed by atoms with Crippen molar-refractivity contribution in [2.75, 3.05) is 6.61 Å². The van der Waals surface area contributed by atoms with Crippen molar-refractivity contribution in [2.24, 2.45) is 0 Å². The van der Waals surface area contributed by atoms with Gasteiger partial charge in [-0.2, -0.15) is 0 Å². The quantitative estimate of drug-likeness (QED) is 0.0255. The van der Waals surface area contributed by atoms with Crippen LogP contribution in [-0.2, 0) is 23.4 Å². The van der Waals surface area contributed by atoms with Crippen LogP contribution in [-0.4, -0.2) is 45.5 Å². The van der Waals surface area contributed by atoms with E-state index in [4.69, 9.17) is 14.5 Å². The molecular weight excluding hydrogens is 627 g/mol. The number of hydrogen-bond donors (Lipinski definition) is 3. The minimum atomic E-state index is -4.84. The molecule has 0 aromatic carbocycles. The molecule has 8 nitrogen and oxygen atoms in total. The van der Waals surface area contributed by atoms with E-state index in [1.54, 1.807) is 0 Å². The summed E-state index contributed by atoms with van der Waals surface area (Å²) in [6, 6.07) is 0. The molecule has 9 heteroatoms. The number of aliphatic hydroxyl groups excluding tert-OH is 1. The molecule has 0 saturated heterocycles. The molecule has 0 aliphatic heterocycles. The van der Waals surface area contributed by atoms with E-state index in [9.17, 15) is 19.3 Å². The maximum absolute atomic E-state index is 12.9. The molecule has 2 atom stereocenters. The third-order valence-electron chi connectivity index (χ3n) is 8.67. The van der Waals surface area contributed by atoms with Crippen LogP contribution in [0.3, 0.4) is 0 Å². The Morgan fingerprint density at radius 3 is 1.31 bits per heavy atom. The third kappa shape index (κ3) is 33.2. The second-order valence-corrected chi connectivity index (χ2v) is 14.6. The van der Waals surface area contributed by atoms with Crippen LogP contribution in [0.25, 0.3) is 0 Å². The molecule has 0 bridgehead atoms. The SMILES string of the molecule is CCCCCCCC/C=C/CCCCCCCC(=O)OC(C(=O)CCCCCCC/C=C/CCCCCCCC)C(O)COP(=O)(O)O. The highest BCUT2D eigenvalue weighted by molar-refractivity contribution is 7.46. The van der Waals surface area contributed by atoms with Crippen LogP contribution < -0.4 is 0 Å². The highest BCUT2D eigenvalue weighted by Gasteiger charge is 2.32. The lowest BCUT2D eigenvalue weighted by atomic mass is 10.0. The number of allylic oxidation sites excluding steroid dienone is 4. The van der Waals surface area contributed by atoms with Crippen LogP contribution in [0.5, 0.6) is 0 Å². The Balaban J connectivity index is 4.21. The molecule has 2 unspecified atom stereocenters. The van der Waals surface area contributed by atoms with Crippen LogP contribution >= 0.6 is 7.82 Å². The van der Waals surface area contributed by atoms with E-state index in [1.165, 1.54) is 77.0 Å². The number of esters is 1. The monoisotopic (exact) mass is 701 g/mol. The fraction of sp³-hybridized carbons (Fsp3) is 0.846. The first-order valence-electron chi connectivity index (χ1n) is 19.6. The Morgan fingerprint density at radius 2 is 0.917 bits per heavy atom. The number of phosphoric acid groups is 1. The van der Waals surface area contributed by atoms with E-state index in [2.05, 4.69) is 42.7 Å². The number of hydrogen-bond acceptors (Lipinski definition) is 6. The van der Waals surface area contributed by atoms with E-state index >= 15 is 0 Å². The second-order valence-electron chi connectivity index (χ2n) is 13.4. The van der Waals surface area contributed by atoms with Gasteiger partial charge in [0.1, 0.15) is 6.10 Å². The van der Waals surface area contributed by atoms with E-state index in [-0.39, 0.29) is 12.8 Å². The highest BCUT2D eigenvalue weighted by Crippen LogP contribution is 2.36. The zero-order valence-electron chi connectivity index (χ0n) is 30.8. The predicted octanol–water partition coefficient (Wildman–Crippen LogP) is 11.0. The maximum atomic E-state index is 12.9. The van der Waals surface area contributed by atoms with Gasteiger partial charge in [0.05, 0.1) is 6.61 Å². The molecule has 0 fully saturated rings. The smallest absolute Gasteiger partial charge is 0.451 e. The Morgan fingerprint density at radius 1 is 0.562 bits per heavy atom. The zero-order chi connectivity index (χ0) is 35.6. The molecule has 0 aliphatic rings. The summed E-state index contributed by atoms with van der Waals surface area (Å²) < 4.78 is 20.8. The summed E-state index contributed by atoms with van der Waals surface area (Å²) in [4.78, 5) is 43.4. The number of ether oxygens (including phenoxy) is 1. The lowest BCUT2D eigenvalue weighted by molar-refractivity contribution is -0.163. The van der Waals surface area contributed by atoms with Crippen LogP contribution in [0.1, 0.15) is 194 Å². The van der Waals surface area contributed by atoms with Crippen molar-refractivity contribution in [1.82, 2.24) is 0 Å². The number of Topliss-reactive ketones (excluding diaryl/α,β-unsaturated/α-hetero) is 1. The normalized spacial score (nSPS) is 13.4. The summed E-state index contributed by atoms with van der Waals surface area (Å²) in [6.45, 7) is 3.68. The topological polar surface area (TPSA) is 130 Å². The minimum Gasteiger partial charge on any atom is -0.451 e. The standard InChI is InChI=1S/C39H73O8P/c1-3-5-7-9-11-13-15-17-19-21-23-25-27-29-31-33-36(40)39(37(41)35-46-48(43,44)45)47-38(42)34-32-30-28-26-24-22-20-18-16-14-12-10-8-6-4-2/h17-20,37,39,41H,3-16,21-35H2,1-2H3,(H2,43,44,45)/b19-17+,20-18+. The van der Waals surface area contributed by atoms with Crippen molar-refractivity contribution >= 4 is 19.6 Å². The van der Waals surface area contributed by atoms with Crippen molar-refractivity contribution in [3.63, 3.8) is 0 Å². The van der Waals surface area contributed by atoms with Crippen molar-refractivity contribution in [3.05, 3.63) is 24.3 Å². The van der Waals surface area contributed by atoms with Gasteiger partial charge in [0.2, 0.25) is 0 Å². The van der Waals surface area contributed by atoms with Gasteiger partial charge in [-0.1, -0.05) is 141 Å². The van der Waals surface area contributed by atoms with Gasteiger partial charge < -0.3 is 19.6 Å². The summed E-state index contributed by atoms with van der Waals surface area (Å²) in [7, 11) is -4.84. The molecule has 3 N–H and O–H groups in total. The summed E-state index contributed by atoms with van der Waals surface area (Å²) in [5.74, 6) is -1.04. The highest BCUT2D eigenvalue weighted by atomic mass is 31.2. The summed E-state index contributed by atoms with van der Waals surface area (Å²) in [5.41, 5.74) is 0. The molecular formula is C39H73O8P. The number of carbonyl (C=O) groups is 2. The van der Waals surface area contributed by atoms with Crippen molar-refractivity contribution in [3.8, 4) is 0 Å². The van der Waals surface area contributed by atoms with Crippen LogP contribution in [0.4, 0.5) is 0 Å². The average molecular weight is 701 g/mol. The molecule has 0 heterocycles. The first kappa shape index (κ1) is 46.7. The van der Waals surface area contributed by atoms with Gasteiger partial charge in [-0.25, -0.2) is 4.57 Å². The second kappa shape index (κ2) is 34.2. The van der Waals surface area contributed by atoms with Gasteiger partial charge in [0.15, 0.2) is 11.9 Å². The van der Waals surface area contributed by atoms with Crippen LogP contribution in [0, 0.1) is 0 Å². The maximum Gasteiger partial charge on any atom is 0.469 e. The minimum absolute atomic E-state index is 0.122. The van der Waals surface area contributed by atoms with Crippen molar-refractivity contribution in [1.29, 1.82) is 0 Å². The molecule has 0 radical (unpaired) electrons. The first-order valence-corrected chi connectivity index (χ1v) is 21.1. The third-order valence-corrected chi connectivity index (χ3v) is 9.15. The Kier molecular flexibility index (Phi) is 33.2. The Bertz CT molecular complexity index is 853. The van der Waals surface area contributed by atoms with Gasteiger partial charge in [-0.3, -0.25) is 14.1 Å². The van der Waals surface area contributed by atoms with E-state index in [0.717, 1.165) is 77.0 Å². The fourth-order valence-electron chi connectivity index (χ4n) is 5.67. The van der Waals surface area contributed by atoms with Gasteiger partial charge in [-0.15, -0.1) is 0 Å². The summed E-state index contributed by atoms with van der Waals surface area (Å²) in [5, 5.41) is 10.4. The number of rotatable bonds is 36. The van der Waals surface area contributed by atoms with Crippen LogP contribution in [0.2, 0.25) is 0 Å². The summed E-state index contributed by atoms with van der Waals surface area (Å²) >= 11 is 0. The lowest BCUT2D eigenvalue weighted by Gasteiger charge is -2.22. The van der Waals surface area contributed by atoms with Gasteiger partial charge in [0, 0.05) is 12.8 Å². The predicted molar refractivity (Wildman–Crippen MR) is 198 cm³/mol. The molecule has 0 aromatic rings. The van der Waals surface area contributed by atoms with Crippen LogP contribution in [0.15, 0.2) is 24.3 Å². The van der Waals surface area contributed by atoms with Crippen molar-refractivity contribution in [2.45, 2.75) is 206 Å². The molecule has 0 amide bonds. The molecule has 0 saturated carbocycles. The first-order chi connectivity index (χ1) is 23.2. The molecule has 0 rings (SSSR count). The number of phosphoric ester groups is 1. The molecule has 48 heavy (non-hydrogen) atoms. The van der Waals surface area contributed by atoms with Gasteiger partial charge in [-0.05, 0) is 64.2 Å². The molecule has 0 aromatic heterocycles. The van der Waals surface area contributed by atoms with Crippen molar-refractivity contribution < 1.29 is 38.3 Å².